The fourth-order valence-corrected chi connectivity index (χ4v) is 4.81. The van der Waals surface area contributed by atoms with Crippen LogP contribution in [0.5, 0.6) is 0 Å². The summed E-state index contributed by atoms with van der Waals surface area (Å²) >= 11 is 0. The van der Waals surface area contributed by atoms with Crippen molar-refractivity contribution in [2.24, 2.45) is 5.92 Å². The first-order valence-electron chi connectivity index (χ1n) is 11.6. The number of pyridine rings is 1. The molecule has 162 valence electrons. The van der Waals surface area contributed by atoms with Crippen molar-refractivity contribution in [2.45, 2.75) is 57.5 Å². The van der Waals surface area contributed by atoms with Crippen molar-refractivity contribution in [1.29, 1.82) is 0 Å². The number of imidazole rings is 1. The zero-order valence-corrected chi connectivity index (χ0v) is 17.9. The summed E-state index contributed by atoms with van der Waals surface area (Å²) in [5, 5.41) is 0. The van der Waals surface area contributed by atoms with Gasteiger partial charge in [0.25, 0.3) is 0 Å². The van der Waals surface area contributed by atoms with Gasteiger partial charge in [0.1, 0.15) is 0 Å². The van der Waals surface area contributed by atoms with Crippen LogP contribution in [0.25, 0.3) is 11.2 Å². The number of benzene rings is 1. The molecule has 2 aromatic heterocycles. The van der Waals surface area contributed by atoms with E-state index in [1.54, 1.807) is 6.20 Å². The average Bonchev–Trinajstić information content (AvgIpc) is 3.58. The van der Waals surface area contributed by atoms with Gasteiger partial charge in [-0.05, 0) is 62.1 Å². The standard InChI is InChI=1S/C25H30N4O2/c30-23(12-4-9-19-7-2-1-3-8-19)27-16-6-10-21(18-27)29-24-22(11-5-15-26-24)28(25(29)31)17-20-13-14-20/h1-3,5,7-8,11,15,20-21H,4,6,9-10,12-14,16-18H2/t21-/m0/s1. The lowest BCUT2D eigenvalue weighted by Crippen LogP contribution is -2.43. The highest BCUT2D eigenvalue weighted by Gasteiger charge is 2.30. The fraction of sp³-hybridized carbons (Fsp3) is 0.480. The third-order valence-corrected chi connectivity index (χ3v) is 6.67. The Hall–Kier alpha value is -2.89. The van der Waals surface area contributed by atoms with Gasteiger partial charge >= 0.3 is 5.69 Å². The highest BCUT2D eigenvalue weighted by Crippen LogP contribution is 2.32. The van der Waals surface area contributed by atoms with Crippen LogP contribution in [0.1, 0.15) is 50.1 Å². The molecule has 1 atom stereocenters. The third kappa shape index (κ3) is 4.29. The van der Waals surface area contributed by atoms with Gasteiger partial charge in [0.15, 0.2) is 5.65 Å². The van der Waals surface area contributed by atoms with Gasteiger partial charge in [0, 0.05) is 32.3 Å². The summed E-state index contributed by atoms with van der Waals surface area (Å²) in [6.45, 7) is 2.16. The molecule has 1 saturated carbocycles. The van der Waals surface area contributed by atoms with Crippen LogP contribution in [-0.2, 0) is 17.8 Å². The maximum atomic E-state index is 13.3. The summed E-state index contributed by atoms with van der Waals surface area (Å²) < 4.78 is 3.77. The first kappa shape index (κ1) is 20.0. The number of likely N-dealkylation sites (tertiary alicyclic amines) is 1. The molecule has 0 N–H and O–H groups in total. The average molecular weight is 419 g/mol. The number of rotatable bonds is 7. The number of aromatic nitrogens is 3. The van der Waals surface area contributed by atoms with Crippen molar-refractivity contribution in [3.05, 3.63) is 64.7 Å². The lowest BCUT2D eigenvalue weighted by atomic mass is 10.0. The van der Waals surface area contributed by atoms with Crippen molar-refractivity contribution in [3.63, 3.8) is 0 Å². The molecule has 1 aliphatic heterocycles. The Morgan fingerprint density at radius 1 is 1.06 bits per heavy atom. The Labute approximate surface area is 182 Å². The Balaban J connectivity index is 1.30. The summed E-state index contributed by atoms with van der Waals surface area (Å²) in [6.07, 6.45) is 8.32. The monoisotopic (exact) mass is 418 g/mol. The van der Waals surface area contributed by atoms with E-state index in [0.717, 1.165) is 49.9 Å². The number of carbonyl (C=O) groups excluding carboxylic acids is 1. The van der Waals surface area contributed by atoms with Gasteiger partial charge in [-0.3, -0.25) is 13.9 Å². The van der Waals surface area contributed by atoms with Crippen LogP contribution < -0.4 is 5.69 Å². The number of piperidine rings is 1. The molecule has 6 nitrogen and oxygen atoms in total. The van der Waals surface area contributed by atoms with E-state index in [-0.39, 0.29) is 17.6 Å². The maximum absolute atomic E-state index is 13.3. The first-order valence-corrected chi connectivity index (χ1v) is 11.6. The second-order valence-corrected chi connectivity index (χ2v) is 9.03. The fourth-order valence-electron chi connectivity index (χ4n) is 4.81. The smallest absolute Gasteiger partial charge is 0.330 e. The number of fused-ring (bicyclic) bond motifs is 1. The molecule has 1 aromatic carbocycles. The highest BCUT2D eigenvalue weighted by molar-refractivity contribution is 5.76. The Morgan fingerprint density at radius 3 is 2.71 bits per heavy atom. The summed E-state index contributed by atoms with van der Waals surface area (Å²) in [7, 11) is 0. The molecule has 0 radical (unpaired) electrons. The molecule has 1 amide bonds. The second kappa shape index (κ2) is 8.69. The summed E-state index contributed by atoms with van der Waals surface area (Å²) in [6, 6.07) is 14.2. The van der Waals surface area contributed by atoms with Crippen LogP contribution in [0.3, 0.4) is 0 Å². The molecule has 5 rings (SSSR count). The minimum atomic E-state index is -0.00261. The number of hydrogen-bond acceptors (Lipinski definition) is 3. The van der Waals surface area contributed by atoms with E-state index in [4.69, 9.17) is 0 Å². The first-order chi connectivity index (χ1) is 15.2. The number of nitrogens with zero attached hydrogens (tertiary/aromatic N) is 4. The zero-order chi connectivity index (χ0) is 21.2. The Bertz CT molecular complexity index is 1110. The number of carbonyl (C=O) groups is 1. The molecular weight excluding hydrogens is 388 g/mol. The molecule has 0 bridgehead atoms. The van der Waals surface area contributed by atoms with Crippen molar-refractivity contribution < 1.29 is 4.79 Å². The predicted octanol–water partition coefficient (Wildman–Crippen LogP) is 3.79. The number of hydrogen-bond donors (Lipinski definition) is 0. The van der Waals surface area contributed by atoms with Crippen LogP contribution in [0.2, 0.25) is 0 Å². The lowest BCUT2D eigenvalue weighted by molar-refractivity contribution is -0.132. The molecule has 2 fully saturated rings. The van der Waals surface area contributed by atoms with E-state index in [2.05, 4.69) is 17.1 Å². The van der Waals surface area contributed by atoms with Crippen molar-refractivity contribution >= 4 is 17.1 Å². The van der Waals surface area contributed by atoms with Gasteiger partial charge in [0.2, 0.25) is 5.91 Å². The van der Waals surface area contributed by atoms with Gasteiger partial charge in [-0.2, -0.15) is 0 Å². The Kier molecular flexibility index (Phi) is 5.62. The number of aryl methyl sites for hydroxylation is 1. The van der Waals surface area contributed by atoms with Crippen LogP contribution >= 0.6 is 0 Å². The molecule has 3 aromatic rings. The quantitative estimate of drug-likeness (QED) is 0.586. The Morgan fingerprint density at radius 2 is 1.90 bits per heavy atom. The lowest BCUT2D eigenvalue weighted by Gasteiger charge is -2.33. The van der Waals surface area contributed by atoms with Gasteiger partial charge in [-0.1, -0.05) is 30.3 Å². The minimum Gasteiger partial charge on any atom is -0.341 e. The second-order valence-electron chi connectivity index (χ2n) is 9.03. The summed E-state index contributed by atoms with van der Waals surface area (Å²) in [5.41, 5.74) is 2.99. The van der Waals surface area contributed by atoms with Gasteiger partial charge in [-0.15, -0.1) is 0 Å². The summed E-state index contributed by atoms with van der Waals surface area (Å²) in [5.74, 6) is 0.814. The third-order valence-electron chi connectivity index (χ3n) is 6.67. The van der Waals surface area contributed by atoms with Crippen LogP contribution in [0, 0.1) is 5.92 Å². The molecule has 0 unspecified atom stereocenters. The van der Waals surface area contributed by atoms with E-state index in [9.17, 15) is 9.59 Å². The SMILES string of the molecule is O=C(CCCc1ccccc1)N1CCC[C@H](n2c(=O)n(CC3CC3)c3cccnc32)C1. The van der Waals surface area contributed by atoms with E-state index in [0.29, 0.717) is 18.9 Å². The van der Waals surface area contributed by atoms with Crippen LogP contribution in [0.15, 0.2) is 53.5 Å². The largest absolute Gasteiger partial charge is 0.341 e. The summed E-state index contributed by atoms with van der Waals surface area (Å²) in [4.78, 5) is 32.7. The topological polar surface area (TPSA) is 60.1 Å². The minimum absolute atomic E-state index is 0.00261. The molecule has 3 heterocycles. The van der Waals surface area contributed by atoms with Gasteiger partial charge < -0.3 is 4.90 Å². The van der Waals surface area contributed by atoms with Gasteiger partial charge in [0.05, 0.1) is 11.6 Å². The maximum Gasteiger partial charge on any atom is 0.330 e. The molecule has 0 spiro atoms. The van der Waals surface area contributed by atoms with Crippen molar-refractivity contribution in [1.82, 2.24) is 19.0 Å². The molecule has 31 heavy (non-hydrogen) atoms. The van der Waals surface area contributed by atoms with Gasteiger partial charge in [-0.25, -0.2) is 9.78 Å². The van der Waals surface area contributed by atoms with Crippen LogP contribution in [0.4, 0.5) is 0 Å². The van der Waals surface area contributed by atoms with E-state index in [1.165, 1.54) is 18.4 Å². The molecule has 1 aliphatic carbocycles. The molecule has 1 saturated heterocycles. The van der Waals surface area contributed by atoms with E-state index < -0.39 is 0 Å². The predicted molar refractivity (Wildman–Crippen MR) is 121 cm³/mol. The van der Waals surface area contributed by atoms with Crippen molar-refractivity contribution in [3.8, 4) is 0 Å². The zero-order valence-electron chi connectivity index (χ0n) is 17.9. The molecule has 6 heteroatoms. The number of amides is 1. The normalized spacial score (nSPS) is 19.1. The molecule has 2 aliphatic rings. The van der Waals surface area contributed by atoms with E-state index in [1.807, 2.05) is 44.4 Å². The van der Waals surface area contributed by atoms with Crippen LogP contribution in [-0.4, -0.2) is 38.0 Å². The molecular formula is C25H30N4O2. The van der Waals surface area contributed by atoms with Crippen molar-refractivity contribution in [2.75, 3.05) is 13.1 Å². The van der Waals surface area contributed by atoms with E-state index >= 15 is 0 Å². The highest BCUT2D eigenvalue weighted by atomic mass is 16.2.